The number of fused-ring (bicyclic) bond motifs is 1. The van der Waals surface area contributed by atoms with Crippen LogP contribution in [0.2, 0.25) is 0 Å². The molecule has 0 radical (unpaired) electrons. The zero-order valence-electron chi connectivity index (χ0n) is 12.6. The molecule has 0 amide bonds. The number of rotatable bonds is 3. The second-order valence-corrected chi connectivity index (χ2v) is 5.67. The van der Waals surface area contributed by atoms with E-state index in [2.05, 4.69) is 20.6 Å². The average Bonchev–Trinajstić information content (AvgIpc) is 3.10. The maximum Gasteiger partial charge on any atom is 0.453 e. The number of hydrogen-bond acceptors (Lipinski definition) is 5. The van der Waals surface area contributed by atoms with Gasteiger partial charge in [0.1, 0.15) is 0 Å². The lowest BCUT2D eigenvalue weighted by Crippen LogP contribution is -2.20. The first-order valence-corrected chi connectivity index (χ1v) is 7.16. The van der Waals surface area contributed by atoms with Crippen LogP contribution in [-0.4, -0.2) is 37.6 Å². The van der Waals surface area contributed by atoms with Gasteiger partial charge in [-0.25, -0.2) is 0 Å². The molecule has 6 nitrogen and oxygen atoms in total. The molecule has 2 aromatic heterocycles. The third kappa shape index (κ3) is 2.76. The zero-order chi connectivity index (χ0) is 16.8. The highest BCUT2D eigenvalue weighted by Crippen LogP contribution is 2.30. The molecular formula is C14H16F3N5O. The summed E-state index contributed by atoms with van der Waals surface area (Å²) in [7, 11) is 0. The molecule has 23 heavy (non-hydrogen) atoms. The van der Waals surface area contributed by atoms with Gasteiger partial charge in [0.25, 0.3) is 5.82 Å². The molecule has 0 aromatic carbocycles. The summed E-state index contributed by atoms with van der Waals surface area (Å²) in [5, 5.41) is 23.1. The molecule has 124 valence electrons. The highest BCUT2D eigenvalue weighted by molar-refractivity contribution is 5.58. The third-order valence-electron chi connectivity index (χ3n) is 4.08. The van der Waals surface area contributed by atoms with Gasteiger partial charge in [0.15, 0.2) is 11.5 Å². The van der Waals surface area contributed by atoms with Crippen LogP contribution in [0.5, 0.6) is 0 Å². The van der Waals surface area contributed by atoms with E-state index in [-0.39, 0.29) is 24.2 Å². The molecule has 2 N–H and O–H groups in total. The molecule has 2 heterocycles. The Kier molecular flexibility index (Phi) is 3.75. The summed E-state index contributed by atoms with van der Waals surface area (Å²) < 4.78 is 39.7. The van der Waals surface area contributed by atoms with Crippen LogP contribution < -0.4 is 5.32 Å². The highest BCUT2D eigenvalue weighted by atomic mass is 19.4. The van der Waals surface area contributed by atoms with Crippen molar-refractivity contribution in [1.82, 2.24) is 19.8 Å². The van der Waals surface area contributed by atoms with Crippen LogP contribution in [-0.2, 0) is 6.18 Å². The lowest BCUT2D eigenvalue weighted by molar-refractivity contribution is -0.146. The Hall–Kier alpha value is -2.16. The summed E-state index contributed by atoms with van der Waals surface area (Å²) in [6.45, 7) is 3.50. The van der Waals surface area contributed by atoms with Crippen molar-refractivity contribution < 1.29 is 18.3 Å². The van der Waals surface area contributed by atoms with Crippen molar-refractivity contribution in [3.8, 4) is 0 Å². The number of aromatic nitrogens is 4. The van der Waals surface area contributed by atoms with Crippen LogP contribution in [0.4, 0.5) is 19.0 Å². The number of alkyl halides is 3. The van der Waals surface area contributed by atoms with Gasteiger partial charge in [-0.05, 0) is 25.8 Å². The van der Waals surface area contributed by atoms with Crippen molar-refractivity contribution >= 4 is 11.5 Å². The second kappa shape index (κ2) is 5.48. The Balaban J connectivity index is 2.00. The van der Waals surface area contributed by atoms with E-state index in [4.69, 9.17) is 5.11 Å². The smallest absolute Gasteiger partial charge is 0.396 e. The van der Waals surface area contributed by atoms with Gasteiger partial charge >= 0.3 is 6.18 Å². The van der Waals surface area contributed by atoms with Gasteiger partial charge in [-0.3, -0.25) is 0 Å². The number of halogens is 3. The topological polar surface area (TPSA) is 75.3 Å². The summed E-state index contributed by atoms with van der Waals surface area (Å²) in [5.41, 5.74) is 1.40. The molecule has 0 saturated heterocycles. The Morgan fingerprint density at radius 3 is 2.61 bits per heavy atom. The molecule has 0 aliphatic heterocycles. The predicted molar refractivity (Wildman–Crippen MR) is 77.0 cm³/mol. The molecule has 1 aliphatic rings. The summed E-state index contributed by atoms with van der Waals surface area (Å²) in [6.07, 6.45) is -0.180. The maximum atomic E-state index is 13.0. The van der Waals surface area contributed by atoms with E-state index in [1.807, 2.05) is 12.2 Å². The van der Waals surface area contributed by atoms with Gasteiger partial charge in [-0.2, -0.15) is 17.7 Å². The van der Waals surface area contributed by atoms with Crippen molar-refractivity contribution in [3.05, 3.63) is 29.1 Å². The molecule has 0 spiro atoms. The Morgan fingerprint density at radius 2 is 2.00 bits per heavy atom. The van der Waals surface area contributed by atoms with Crippen LogP contribution >= 0.6 is 0 Å². The lowest BCUT2D eigenvalue weighted by atomic mass is 10.1. The highest BCUT2D eigenvalue weighted by Gasteiger charge is 2.38. The minimum atomic E-state index is -4.62. The van der Waals surface area contributed by atoms with Gasteiger partial charge in [0, 0.05) is 24.1 Å². The lowest BCUT2D eigenvalue weighted by Gasteiger charge is -2.17. The first-order valence-electron chi connectivity index (χ1n) is 7.16. The van der Waals surface area contributed by atoms with Crippen molar-refractivity contribution in [2.24, 2.45) is 5.92 Å². The van der Waals surface area contributed by atoms with Gasteiger partial charge in [-0.1, -0.05) is 12.2 Å². The molecule has 0 bridgehead atoms. The molecule has 0 fully saturated rings. The fourth-order valence-electron chi connectivity index (χ4n) is 2.64. The maximum absolute atomic E-state index is 13.0. The van der Waals surface area contributed by atoms with Crippen LogP contribution in [0.3, 0.4) is 0 Å². The Morgan fingerprint density at radius 1 is 1.26 bits per heavy atom. The van der Waals surface area contributed by atoms with Crippen molar-refractivity contribution in [2.45, 2.75) is 32.5 Å². The molecule has 9 heteroatoms. The number of nitrogens with one attached hydrogen (secondary N) is 1. The molecule has 0 saturated carbocycles. The fourth-order valence-corrected chi connectivity index (χ4v) is 2.64. The molecule has 0 unspecified atom stereocenters. The van der Waals surface area contributed by atoms with Crippen LogP contribution in [0.25, 0.3) is 5.65 Å². The van der Waals surface area contributed by atoms with E-state index in [9.17, 15) is 13.2 Å². The first-order chi connectivity index (χ1) is 10.8. The first kappa shape index (κ1) is 15.7. The molecular weight excluding hydrogens is 311 g/mol. The Labute approximate surface area is 130 Å². The van der Waals surface area contributed by atoms with E-state index in [0.717, 1.165) is 10.1 Å². The van der Waals surface area contributed by atoms with E-state index in [0.29, 0.717) is 17.8 Å². The van der Waals surface area contributed by atoms with Crippen molar-refractivity contribution in [1.29, 1.82) is 0 Å². The van der Waals surface area contributed by atoms with Gasteiger partial charge in [-0.15, -0.1) is 15.3 Å². The zero-order valence-corrected chi connectivity index (χ0v) is 12.6. The van der Waals surface area contributed by atoms with Gasteiger partial charge in [0.05, 0.1) is 0 Å². The number of hydrogen-bond donors (Lipinski definition) is 2. The fraction of sp³-hybridized carbons (Fsp3) is 0.500. The summed E-state index contributed by atoms with van der Waals surface area (Å²) in [5.74, 6) is -0.735. The monoisotopic (exact) mass is 327 g/mol. The van der Waals surface area contributed by atoms with Crippen molar-refractivity contribution in [2.75, 3.05) is 11.9 Å². The predicted octanol–water partition coefficient (Wildman–Crippen LogP) is 2.11. The molecule has 3 rings (SSSR count). The van der Waals surface area contributed by atoms with Crippen LogP contribution in [0, 0.1) is 19.8 Å². The quantitative estimate of drug-likeness (QED) is 0.845. The minimum Gasteiger partial charge on any atom is -0.396 e. The molecule has 2 aromatic rings. The van der Waals surface area contributed by atoms with Crippen LogP contribution in [0.15, 0.2) is 12.2 Å². The normalized spacial score (nSPS) is 21.3. The number of aliphatic hydroxyl groups is 1. The number of anilines is 1. The van der Waals surface area contributed by atoms with Gasteiger partial charge < -0.3 is 10.4 Å². The van der Waals surface area contributed by atoms with E-state index < -0.39 is 12.0 Å². The molecule has 2 atom stereocenters. The average molecular weight is 327 g/mol. The minimum absolute atomic E-state index is 0.0445. The van der Waals surface area contributed by atoms with Crippen LogP contribution in [0.1, 0.15) is 23.4 Å². The van der Waals surface area contributed by atoms with Crippen molar-refractivity contribution in [3.63, 3.8) is 0 Å². The van der Waals surface area contributed by atoms with E-state index in [1.165, 1.54) is 0 Å². The number of aliphatic hydroxyl groups excluding tert-OH is 1. The van der Waals surface area contributed by atoms with Gasteiger partial charge in [0.2, 0.25) is 0 Å². The molecule has 1 aliphatic carbocycles. The summed E-state index contributed by atoms with van der Waals surface area (Å²) in [4.78, 5) is 0. The Bertz CT molecular complexity index is 768. The standard InChI is InChI=1S/C14H16F3N5O/c1-7-8(2)12-19-20-13(14(15,16)17)22(12)21-11(7)18-10-4-3-9(5-10)6-23/h3-4,9-10,23H,5-6H2,1-2H3,(H,18,21)/t9-,10+/m1/s1. The second-order valence-electron chi connectivity index (χ2n) is 5.67. The summed E-state index contributed by atoms with van der Waals surface area (Å²) >= 11 is 0. The number of aryl methyl sites for hydroxylation is 1. The summed E-state index contributed by atoms with van der Waals surface area (Å²) in [6, 6.07) is -0.0824. The third-order valence-corrected chi connectivity index (χ3v) is 4.08. The van der Waals surface area contributed by atoms with E-state index in [1.54, 1.807) is 13.8 Å². The number of nitrogens with zero attached hydrogens (tertiary/aromatic N) is 4. The van der Waals surface area contributed by atoms with E-state index >= 15 is 0 Å². The SMILES string of the molecule is Cc1c(N[C@H]2C=C[C@@H](CO)C2)nn2c(C(F)(F)F)nnc2c1C. The largest absolute Gasteiger partial charge is 0.453 e.